The van der Waals surface area contributed by atoms with Crippen LogP contribution in [0.1, 0.15) is 18.9 Å². The van der Waals surface area contributed by atoms with E-state index in [1.54, 1.807) is 25.3 Å². The molecule has 0 saturated carbocycles. The molecular weight excluding hydrogens is 415 g/mol. The molecule has 2 heterocycles. The van der Waals surface area contributed by atoms with Crippen molar-refractivity contribution in [3.8, 4) is 0 Å². The van der Waals surface area contributed by atoms with Gasteiger partial charge in [-0.25, -0.2) is 18.0 Å². The molecule has 2 amide bonds. The number of carbonyl (C=O) groups excluding carboxylic acids is 1. The Kier molecular flexibility index (Phi) is 7.61. The maximum Gasteiger partial charge on any atom is 0.321 e. The Morgan fingerprint density at radius 1 is 1.28 bits per heavy atom. The van der Waals surface area contributed by atoms with Crippen LogP contribution in [0.5, 0.6) is 0 Å². The van der Waals surface area contributed by atoms with Gasteiger partial charge in [-0.15, -0.1) is 0 Å². The number of halogens is 3. The number of allylic oxidation sites excluding steroid dienone is 3. The summed E-state index contributed by atoms with van der Waals surface area (Å²) in [6, 6.07) is 1.81. The van der Waals surface area contributed by atoms with Crippen LogP contribution in [-0.4, -0.2) is 72.7 Å². The van der Waals surface area contributed by atoms with Crippen molar-refractivity contribution in [3.63, 3.8) is 0 Å². The predicted octanol–water partition coefficient (Wildman–Crippen LogP) is 4.81. The summed E-state index contributed by atoms with van der Waals surface area (Å²) in [7, 11) is 3.45. The highest BCUT2D eigenvalue weighted by molar-refractivity contribution is 5.83. The molecule has 3 atom stereocenters. The highest BCUT2D eigenvalue weighted by atomic mass is 19.1. The van der Waals surface area contributed by atoms with Crippen LogP contribution >= 0.6 is 0 Å². The number of nitrogens with zero attached hydrogens (tertiary/aromatic N) is 3. The third kappa shape index (κ3) is 5.15. The van der Waals surface area contributed by atoms with Crippen LogP contribution in [0.25, 0.3) is 5.57 Å². The Balaban J connectivity index is 1.89. The van der Waals surface area contributed by atoms with Crippen molar-refractivity contribution < 1.29 is 18.0 Å². The van der Waals surface area contributed by atoms with E-state index in [0.29, 0.717) is 24.1 Å². The first-order chi connectivity index (χ1) is 15.2. The Morgan fingerprint density at radius 2 is 2.03 bits per heavy atom. The summed E-state index contributed by atoms with van der Waals surface area (Å²) in [6.45, 7) is 7.00. The molecule has 0 aromatic heterocycles. The van der Waals surface area contributed by atoms with Gasteiger partial charge in [-0.05, 0) is 49.7 Å². The average molecular weight is 446 g/mol. The number of piperidine rings is 1. The van der Waals surface area contributed by atoms with E-state index in [4.69, 9.17) is 0 Å². The van der Waals surface area contributed by atoms with E-state index in [1.165, 1.54) is 9.80 Å². The normalized spacial score (nSPS) is 24.4. The standard InChI is InChI=1S/C25H30F3N3O/c1-5-6-7-8-17(2)24-13-18(20-14-19(26)9-10-21(20)27)15-31(24)25(32)30(4)23-11-12-29(3)16-22(23)28/h5-10,13-14,22-24H,2,11-12,15-16H2,1,3-4H3/b6-5-,8-7-/t22-,23+,24-/m0/s1. The summed E-state index contributed by atoms with van der Waals surface area (Å²) in [4.78, 5) is 18.3. The van der Waals surface area contributed by atoms with Crippen LogP contribution in [-0.2, 0) is 0 Å². The largest absolute Gasteiger partial charge is 0.322 e. The van der Waals surface area contributed by atoms with Crippen molar-refractivity contribution >= 4 is 11.6 Å². The van der Waals surface area contributed by atoms with Crippen LogP contribution < -0.4 is 0 Å². The smallest absolute Gasteiger partial charge is 0.321 e. The van der Waals surface area contributed by atoms with Gasteiger partial charge in [0.25, 0.3) is 0 Å². The lowest BCUT2D eigenvalue weighted by molar-refractivity contribution is 0.0613. The van der Waals surface area contributed by atoms with Gasteiger partial charge in [-0.1, -0.05) is 37.0 Å². The van der Waals surface area contributed by atoms with Crippen LogP contribution in [0.2, 0.25) is 0 Å². The summed E-state index contributed by atoms with van der Waals surface area (Å²) < 4.78 is 42.9. The lowest BCUT2D eigenvalue weighted by atomic mass is 10.0. The lowest BCUT2D eigenvalue weighted by Gasteiger charge is -2.40. The van der Waals surface area contributed by atoms with E-state index in [9.17, 15) is 18.0 Å². The number of amides is 2. The minimum atomic E-state index is -1.16. The second-order valence-corrected chi connectivity index (χ2v) is 8.38. The Morgan fingerprint density at radius 3 is 2.72 bits per heavy atom. The molecule has 1 aromatic carbocycles. The maximum atomic E-state index is 14.7. The predicted molar refractivity (Wildman–Crippen MR) is 122 cm³/mol. The Labute approximate surface area is 188 Å². The van der Waals surface area contributed by atoms with Gasteiger partial charge >= 0.3 is 6.03 Å². The Hall–Kier alpha value is -2.80. The second-order valence-electron chi connectivity index (χ2n) is 8.38. The van der Waals surface area contributed by atoms with Crippen LogP contribution in [0, 0.1) is 11.6 Å². The fraction of sp³-hybridized carbons (Fsp3) is 0.400. The van der Waals surface area contributed by atoms with Gasteiger partial charge in [-0.2, -0.15) is 0 Å². The molecule has 1 fully saturated rings. The van der Waals surface area contributed by atoms with Crippen molar-refractivity contribution in [1.29, 1.82) is 0 Å². The molecular formula is C25H30F3N3O. The summed E-state index contributed by atoms with van der Waals surface area (Å²) >= 11 is 0. The van der Waals surface area contributed by atoms with Gasteiger partial charge in [0.1, 0.15) is 17.8 Å². The highest BCUT2D eigenvalue weighted by Gasteiger charge is 2.38. The lowest BCUT2D eigenvalue weighted by Crippen LogP contribution is -2.55. The number of carbonyl (C=O) groups is 1. The maximum absolute atomic E-state index is 14.7. The van der Waals surface area contributed by atoms with Gasteiger partial charge in [0.2, 0.25) is 0 Å². The third-order valence-corrected chi connectivity index (χ3v) is 6.06. The van der Waals surface area contributed by atoms with Gasteiger partial charge < -0.3 is 14.7 Å². The molecule has 2 aliphatic heterocycles. The minimum Gasteiger partial charge on any atom is -0.322 e. The first-order valence-electron chi connectivity index (χ1n) is 10.7. The van der Waals surface area contributed by atoms with Crippen LogP contribution in [0.15, 0.2) is 60.7 Å². The number of urea groups is 1. The van der Waals surface area contributed by atoms with Gasteiger partial charge in [-0.3, -0.25) is 0 Å². The molecule has 0 aliphatic carbocycles. The van der Waals surface area contributed by atoms with Gasteiger partial charge in [0.15, 0.2) is 0 Å². The molecule has 0 radical (unpaired) electrons. The molecule has 0 unspecified atom stereocenters. The van der Waals surface area contributed by atoms with Crippen LogP contribution in [0.4, 0.5) is 18.0 Å². The van der Waals surface area contributed by atoms with E-state index < -0.39 is 29.9 Å². The molecule has 0 spiro atoms. The number of rotatable bonds is 5. The van der Waals surface area contributed by atoms with E-state index >= 15 is 0 Å². The molecule has 7 heteroatoms. The highest BCUT2D eigenvalue weighted by Crippen LogP contribution is 2.32. The van der Waals surface area contributed by atoms with Crippen molar-refractivity contribution in [1.82, 2.24) is 14.7 Å². The third-order valence-electron chi connectivity index (χ3n) is 6.06. The monoisotopic (exact) mass is 445 g/mol. The zero-order chi connectivity index (χ0) is 23.4. The molecule has 172 valence electrons. The van der Waals surface area contributed by atoms with Crippen molar-refractivity contribution in [2.24, 2.45) is 0 Å². The van der Waals surface area contributed by atoms with Crippen LogP contribution in [0.3, 0.4) is 0 Å². The quantitative estimate of drug-likeness (QED) is 0.608. The molecule has 3 rings (SSSR count). The first kappa shape index (κ1) is 23.9. The van der Waals surface area contributed by atoms with E-state index in [-0.39, 0.29) is 24.7 Å². The zero-order valence-corrected chi connectivity index (χ0v) is 18.8. The van der Waals surface area contributed by atoms with E-state index in [1.807, 2.05) is 31.0 Å². The average Bonchev–Trinajstić information content (AvgIpc) is 3.20. The number of likely N-dealkylation sites (tertiary alicyclic amines) is 1. The van der Waals surface area contributed by atoms with E-state index in [2.05, 4.69) is 6.58 Å². The molecule has 0 N–H and O–H groups in total. The number of benzene rings is 1. The van der Waals surface area contributed by atoms with Crippen molar-refractivity contribution in [2.75, 3.05) is 33.7 Å². The summed E-state index contributed by atoms with van der Waals surface area (Å²) in [5.74, 6) is -1.12. The molecule has 32 heavy (non-hydrogen) atoms. The Bertz CT molecular complexity index is 956. The molecule has 4 nitrogen and oxygen atoms in total. The van der Waals surface area contributed by atoms with Gasteiger partial charge in [0, 0.05) is 32.2 Å². The molecule has 1 aromatic rings. The number of alkyl halides is 1. The first-order valence-corrected chi connectivity index (χ1v) is 10.7. The fourth-order valence-corrected chi connectivity index (χ4v) is 4.24. The summed E-state index contributed by atoms with van der Waals surface area (Å²) in [6.07, 6.45) is 8.38. The zero-order valence-electron chi connectivity index (χ0n) is 18.8. The minimum absolute atomic E-state index is 0.0776. The second kappa shape index (κ2) is 10.2. The summed E-state index contributed by atoms with van der Waals surface area (Å²) in [5.41, 5.74) is 1.23. The van der Waals surface area contributed by atoms with Crippen molar-refractivity contribution in [3.05, 3.63) is 77.9 Å². The molecule has 1 saturated heterocycles. The molecule has 2 aliphatic rings. The van der Waals surface area contributed by atoms with Crippen molar-refractivity contribution in [2.45, 2.75) is 31.6 Å². The molecule has 0 bridgehead atoms. The van der Waals surface area contributed by atoms with Gasteiger partial charge in [0.05, 0.1) is 12.1 Å². The number of hydrogen-bond donors (Lipinski definition) is 0. The number of hydrogen-bond acceptors (Lipinski definition) is 2. The topological polar surface area (TPSA) is 26.8 Å². The summed E-state index contributed by atoms with van der Waals surface area (Å²) in [5, 5.41) is 0. The van der Waals surface area contributed by atoms with E-state index in [0.717, 1.165) is 18.2 Å². The SMILES string of the molecule is C=C(/C=C\C=C/C)[C@@H]1C=C(c2cc(F)ccc2F)CN1C(=O)N(C)[C@@H]1CCN(C)C[C@@H]1F. The fourth-order valence-electron chi connectivity index (χ4n) is 4.24.